The molecule has 2 amide bonds. The van der Waals surface area contributed by atoms with Crippen LogP contribution in [-0.2, 0) is 11.2 Å². The molecule has 28 heavy (non-hydrogen) atoms. The Morgan fingerprint density at radius 2 is 1.82 bits per heavy atom. The average molecular weight is 380 g/mol. The maximum Gasteiger partial charge on any atom is 0.256 e. The number of H-pyrrole nitrogens is 1. The summed E-state index contributed by atoms with van der Waals surface area (Å²) in [6, 6.07) is 13.8. The molecule has 0 fully saturated rings. The highest BCUT2D eigenvalue weighted by Gasteiger charge is 2.22. The van der Waals surface area contributed by atoms with Crippen molar-refractivity contribution in [2.24, 2.45) is 5.84 Å². The van der Waals surface area contributed by atoms with Crippen LogP contribution in [-0.4, -0.2) is 28.9 Å². The predicted octanol–water partition coefficient (Wildman–Crippen LogP) is 2.29. The van der Waals surface area contributed by atoms with Gasteiger partial charge in [-0.05, 0) is 49.7 Å². The molecule has 1 unspecified atom stereocenters. The summed E-state index contributed by atoms with van der Waals surface area (Å²) in [4.78, 5) is 28.0. The van der Waals surface area contributed by atoms with Crippen LogP contribution in [0.25, 0.3) is 10.9 Å². The second kappa shape index (κ2) is 8.58. The van der Waals surface area contributed by atoms with Gasteiger partial charge in [0.25, 0.3) is 11.8 Å². The van der Waals surface area contributed by atoms with Crippen molar-refractivity contribution in [2.45, 2.75) is 32.4 Å². The van der Waals surface area contributed by atoms with Crippen molar-refractivity contribution in [2.75, 3.05) is 0 Å². The van der Waals surface area contributed by atoms with Crippen LogP contribution in [0.4, 0.5) is 0 Å². The molecule has 0 spiro atoms. The Bertz CT molecular complexity index is 963. The minimum atomic E-state index is -0.803. The second-order valence-electron chi connectivity index (χ2n) is 6.79. The number of nitrogens with two attached hydrogens (primary N) is 1. The van der Waals surface area contributed by atoms with Crippen molar-refractivity contribution in [3.63, 3.8) is 0 Å². The van der Waals surface area contributed by atoms with Gasteiger partial charge >= 0.3 is 0 Å². The maximum absolute atomic E-state index is 12.6. The first-order valence-corrected chi connectivity index (χ1v) is 9.11. The zero-order valence-electron chi connectivity index (χ0n) is 15.9. The molecule has 7 nitrogen and oxygen atoms in total. The Morgan fingerprint density at radius 3 is 2.50 bits per heavy atom. The minimum Gasteiger partial charge on any atom is -0.491 e. The molecule has 0 aliphatic rings. The summed E-state index contributed by atoms with van der Waals surface area (Å²) < 4.78 is 5.58. The predicted molar refractivity (Wildman–Crippen MR) is 108 cm³/mol. The van der Waals surface area contributed by atoms with E-state index in [0.29, 0.717) is 17.7 Å². The van der Waals surface area contributed by atoms with E-state index in [4.69, 9.17) is 10.6 Å². The first-order chi connectivity index (χ1) is 13.5. The number of hydrogen-bond acceptors (Lipinski definition) is 4. The number of fused-ring (bicyclic) bond motifs is 1. The van der Waals surface area contributed by atoms with Crippen molar-refractivity contribution in [3.05, 3.63) is 65.9 Å². The number of hydrazine groups is 1. The number of amides is 2. The van der Waals surface area contributed by atoms with Gasteiger partial charge in [-0.1, -0.05) is 18.2 Å². The summed E-state index contributed by atoms with van der Waals surface area (Å²) in [6.45, 7) is 3.86. The normalized spacial score (nSPS) is 12.0. The van der Waals surface area contributed by atoms with Gasteiger partial charge in [0, 0.05) is 29.1 Å². The Labute approximate surface area is 163 Å². The third-order valence-electron chi connectivity index (χ3n) is 4.35. The SMILES string of the molecule is CC(C)Oc1ccc(C(=O)NC(Cc2c[nH]c3ccccc23)C(=O)NN)cc1. The smallest absolute Gasteiger partial charge is 0.256 e. The monoisotopic (exact) mass is 380 g/mol. The van der Waals surface area contributed by atoms with Gasteiger partial charge in [-0.25, -0.2) is 5.84 Å². The van der Waals surface area contributed by atoms with Gasteiger partial charge in [0.2, 0.25) is 0 Å². The summed E-state index contributed by atoms with van der Waals surface area (Å²) in [5, 5.41) is 3.76. The number of carbonyl (C=O) groups excluding carboxylic acids is 2. The number of hydrogen-bond donors (Lipinski definition) is 4. The quantitative estimate of drug-likeness (QED) is 0.286. The number of para-hydroxylation sites is 1. The molecular weight excluding hydrogens is 356 g/mol. The van der Waals surface area contributed by atoms with E-state index in [9.17, 15) is 9.59 Å². The van der Waals surface area contributed by atoms with Gasteiger partial charge in [-0.2, -0.15) is 0 Å². The molecule has 2 aromatic carbocycles. The van der Waals surface area contributed by atoms with E-state index in [1.807, 2.05) is 44.3 Å². The highest BCUT2D eigenvalue weighted by Crippen LogP contribution is 2.19. The fourth-order valence-electron chi connectivity index (χ4n) is 3.03. The molecular formula is C21H24N4O3. The molecule has 0 radical (unpaired) electrons. The summed E-state index contributed by atoms with van der Waals surface area (Å²) in [7, 11) is 0. The van der Waals surface area contributed by atoms with Crippen LogP contribution in [0.15, 0.2) is 54.7 Å². The van der Waals surface area contributed by atoms with Crippen molar-refractivity contribution < 1.29 is 14.3 Å². The topological polar surface area (TPSA) is 109 Å². The minimum absolute atomic E-state index is 0.0495. The number of rotatable bonds is 7. The molecule has 0 aliphatic heterocycles. The molecule has 0 saturated carbocycles. The van der Waals surface area contributed by atoms with E-state index >= 15 is 0 Å². The van der Waals surface area contributed by atoms with Gasteiger partial charge in [0.05, 0.1) is 6.10 Å². The first kappa shape index (κ1) is 19.4. The van der Waals surface area contributed by atoms with E-state index in [2.05, 4.69) is 15.7 Å². The van der Waals surface area contributed by atoms with Crippen LogP contribution in [0.1, 0.15) is 29.8 Å². The average Bonchev–Trinajstić information content (AvgIpc) is 3.10. The molecule has 0 bridgehead atoms. The van der Waals surface area contributed by atoms with Gasteiger partial charge in [0.1, 0.15) is 11.8 Å². The Morgan fingerprint density at radius 1 is 1.11 bits per heavy atom. The third-order valence-corrected chi connectivity index (χ3v) is 4.35. The van der Waals surface area contributed by atoms with Crippen molar-refractivity contribution in [1.82, 2.24) is 15.7 Å². The van der Waals surface area contributed by atoms with E-state index in [1.165, 1.54) is 0 Å². The molecule has 1 atom stereocenters. The number of ether oxygens (including phenoxy) is 1. The molecule has 1 aromatic heterocycles. The van der Waals surface area contributed by atoms with Crippen LogP contribution in [0.5, 0.6) is 5.75 Å². The third kappa shape index (κ3) is 4.50. The molecule has 3 aromatic rings. The zero-order chi connectivity index (χ0) is 20.1. The number of benzene rings is 2. The van der Waals surface area contributed by atoms with E-state index < -0.39 is 11.9 Å². The van der Waals surface area contributed by atoms with Crippen LogP contribution >= 0.6 is 0 Å². The van der Waals surface area contributed by atoms with E-state index in [1.54, 1.807) is 24.3 Å². The second-order valence-corrected chi connectivity index (χ2v) is 6.79. The number of aromatic nitrogens is 1. The highest BCUT2D eigenvalue weighted by molar-refractivity contribution is 5.98. The summed E-state index contributed by atoms with van der Waals surface area (Å²) in [6.07, 6.45) is 2.20. The summed E-state index contributed by atoms with van der Waals surface area (Å²) in [5.41, 5.74) is 4.45. The van der Waals surface area contributed by atoms with Gasteiger partial charge in [-0.15, -0.1) is 0 Å². The Hall–Kier alpha value is -3.32. The molecule has 146 valence electrons. The lowest BCUT2D eigenvalue weighted by molar-refractivity contribution is -0.123. The standard InChI is InChI=1S/C21H24N4O3/c1-13(2)28-16-9-7-14(8-10-16)20(26)24-19(21(27)25-22)11-15-12-23-18-6-4-3-5-17(15)18/h3-10,12-13,19,23H,11,22H2,1-2H3,(H,24,26)(H,25,27). The lowest BCUT2D eigenvalue weighted by Gasteiger charge is -2.17. The molecule has 0 saturated heterocycles. The van der Waals surface area contributed by atoms with E-state index in [0.717, 1.165) is 16.5 Å². The zero-order valence-corrected chi connectivity index (χ0v) is 15.9. The van der Waals surface area contributed by atoms with Gasteiger partial charge < -0.3 is 15.0 Å². The van der Waals surface area contributed by atoms with Crippen molar-refractivity contribution >= 4 is 22.7 Å². The first-order valence-electron chi connectivity index (χ1n) is 9.11. The molecule has 7 heteroatoms. The Balaban J connectivity index is 1.75. The maximum atomic E-state index is 12.6. The fourth-order valence-corrected chi connectivity index (χ4v) is 3.03. The van der Waals surface area contributed by atoms with Crippen LogP contribution in [0.2, 0.25) is 0 Å². The lowest BCUT2D eigenvalue weighted by atomic mass is 10.0. The van der Waals surface area contributed by atoms with Crippen LogP contribution in [0.3, 0.4) is 0 Å². The van der Waals surface area contributed by atoms with Gasteiger partial charge in [0.15, 0.2) is 0 Å². The fraction of sp³-hybridized carbons (Fsp3) is 0.238. The van der Waals surface area contributed by atoms with E-state index in [-0.39, 0.29) is 12.0 Å². The largest absolute Gasteiger partial charge is 0.491 e. The molecule has 3 rings (SSSR count). The summed E-state index contributed by atoms with van der Waals surface area (Å²) >= 11 is 0. The van der Waals surface area contributed by atoms with Gasteiger partial charge in [-0.3, -0.25) is 15.0 Å². The number of carbonyl (C=O) groups is 2. The molecule has 1 heterocycles. The number of nitrogens with one attached hydrogen (secondary N) is 3. The Kier molecular flexibility index (Phi) is 5.96. The van der Waals surface area contributed by atoms with Crippen molar-refractivity contribution in [1.29, 1.82) is 0 Å². The summed E-state index contributed by atoms with van der Waals surface area (Å²) in [5.74, 6) is 5.19. The lowest BCUT2D eigenvalue weighted by Crippen LogP contribution is -2.50. The highest BCUT2D eigenvalue weighted by atomic mass is 16.5. The van der Waals surface area contributed by atoms with Crippen LogP contribution < -0.4 is 21.3 Å². The molecule has 0 aliphatic carbocycles. The van der Waals surface area contributed by atoms with Crippen LogP contribution in [0, 0.1) is 0 Å². The number of aromatic amines is 1. The molecule has 5 N–H and O–H groups in total. The van der Waals surface area contributed by atoms with Crippen molar-refractivity contribution in [3.8, 4) is 5.75 Å².